The lowest BCUT2D eigenvalue weighted by molar-refractivity contribution is -0.279. The number of methoxy groups -OCH3 is 1. The van der Waals surface area contributed by atoms with Crippen LogP contribution in [0.4, 0.5) is 0 Å². The summed E-state index contributed by atoms with van der Waals surface area (Å²) in [6.45, 7) is 18.8. The van der Waals surface area contributed by atoms with Gasteiger partial charge >= 0.3 is 5.97 Å². The summed E-state index contributed by atoms with van der Waals surface area (Å²) in [5.74, 6) is -0.397. The predicted molar refractivity (Wildman–Crippen MR) is 122 cm³/mol. The molecule has 3 rings (SSSR count). The Morgan fingerprint density at radius 1 is 1.29 bits per heavy atom. The maximum absolute atomic E-state index is 12.0. The lowest BCUT2D eigenvalue weighted by Gasteiger charge is -2.61. The molecule has 6 nitrogen and oxygen atoms in total. The molecule has 0 spiro atoms. The van der Waals surface area contributed by atoms with Crippen LogP contribution in [0.25, 0.3) is 0 Å². The average molecular weight is 455 g/mol. The van der Waals surface area contributed by atoms with E-state index < -0.39 is 38.5 Å². The Morgan fingerprint density at radius 3 is 2.39 bits per heavy atom. The van der Waals surface area contributed by atoms with Gasteiger partial charge in [-0.25, -0.2) is 0 Å². The van der Waals surface area contributed by atoms with Gasteiger partial charge < -0.3 is 23.7 Å². The van der Waals surface area contributed by atoms with Crippen LogP contribution < -0.4 is 0 Å². The van der Waals surface area contributed by atoms with Crippen molar-refractivity contribution in [1.82, 2.24) is 0 Å². The van der Waals surface area contributed by atoms with Gasteiger partial charge in [0, 0.05) is 32.3 Å². The molecule has 0 aromatic carbocycles. The Labute approximate surface area is 188 Å². The van der Waals surface area contributed by atoms with Crippen molar-refractivity contribution in [2.75, 3.05) is 7.11 Å². The van der Waals surface area contributed by atoms with Crippen molar-refractivity contribution in [2.24, 2.45) is 17.3 Å². The van der Waals surface area contributed by atoms with Crippen molar-refractivity contribution >= 4 is 14.3 Å². The fraction of sp³-hybridized carbons (Fsp3) is 0.875. The molecule has 1 N–H and O–H groups in total. The zero-order valence-corrected chi connectivity index (χ0v) is 21.9. The van der Waals surface area contributed by atoms with Crippen LogP contribution >= 0.6 is 0 Å². The summed E-state index contributed by atoms with van der Waals surface area (Å²) in [4.78, 5) is 12.0. The molecule has 7 atom stereocenters. The maximum atomic E-state index is 12.0. The van der Waals surface area contributed by atoms with E-state index in [1.54, 1.807) is 7.11 Å². The van der Waals surface area contributed by atoms with Gasteiger partial charge in [-0.05, 0) is 36.9 Å². The van der Waals surface area contributed by atoms with Gasteiger partial charge in [0.25, 0.3) is 0 Å². The molecule has 0 radical (unpaired) electrons. The Bertz CT molecular complexity index is 739. The van der Waals surface area contributed by atoms with Crippen molar-refractivity contribution in [1.29, 1.82) is 0 Å². The van der Waals surface area contributed by atoms with Gasteiger partial charge in [0.15, 0.2) is 14.6 Å². The second-order valence-corrected chi connectivity index (χ2v) is 16.7. The number of carbonyl (C=O) groups excluding carboxylic acids is 1. The van der Waals surface area contributed by atoms with E-state index in [9.17, 15) is 9.90 Å². The SMILES string of the molecule is CO[C@@H]1O[C@@]23[C@@H](OC(C)=O)C/C(C)=C\[C@@H](O)[C@H](O[Si](C)(C)C(C)(C)C)[C@@H]1[C@H]2CC3(C)C. The number of hydrogen-bond donors (Lipinski definition) is 1. The van der Waals surface area contributed by atoms with Gasteiger partial charge in [0.05, 0.1) is 12.2 Å². The van der Waals surface area contributed by atoms with Crippen LogP contribution in [0, 0.1) is 17.3 Å². The van der Waals surface area contributed by atoms with Crippen LogP contribution in [-0.4, -0.2) is 56.7 Å². The standard InChI is InChI=1S/C24H42O6Si/c1-14-11-17(26)20(30-31(9,10)22(3,4)5)19-16-13-23(6,7)24(16,29-21(19)27-8)18(12-14)28-15(2)25/h11,16-21,26H,12-13H2,1-10H3/b14-11-/t16-,17-,18+,19+,20+,21-,24-/m1/s1. The summed E-state index contributed by atoms with van der Waals surface area (Å²) in [5.41, 5.74) is 0.113. The first-order valence-electron chi connectivity index (χ1n) is 11.5. The number of ether oxygens (including phenoxy) is 3. The first kappa shape index (κ1) is 24.9. The third kappa shape index (κ3) is 3.95. The van der Waals surface area contributed by atoms with E-state index in [0.29, 0.717) is 6.42 Å². The Morgan fingerprint density at radius 2 is 1.90 bits per heavy atom. The van der Waals surface area contributed by atoms with Crippen LogP contribution in [0.15, 0.2) is 11.6 Å². The fourth-order valence-corrected chi connectivity index (χ4v) is 7.15. The van der Waals surface area contributed by atoms with Gasteiger partial charge in [0.1, 0.15) is 11.7 Å². The molecule has 1 saturated carbocycles. The highest BCUT2D eigenvalue weighted by Gasteiger charge is 2.75. The zero-order valence-electron chi connectivity index (χ0n) is 20.9. The molecule has 31 heavy (non-hydrogen) atoms. The largest absolute Gasteiger partial charge is 0.459 e. The molecule has 1 aliphatic heterocycles. The molecule has 2 bridgehead atoms. The summed E-state index contributed by atoms with van der Waals surface area (Å²) in [7, 11) is -0.542. The Kier molecular flexibility index (Phi) is 6.38. The van der Waals surface area contributed by atoms with Gasteiger partial charge in [0.2, 0.25) is 0 Å². The molecule has 0 aromatic rings. The highest BCUT2D eigenvalue weighted by atomic mass is 28.4. The maximum Gasteiger partial charge on any atom is 0.303 e. The number of esters is 1. The molecule has 0 aromatic heterocycles. The van der Waals surface area contributed by atoms with Crippen molar-refractivity contribution in [3.63, 3.8) is 0 Å². The summed E-state index contributed by atoms with van der Waals surface area (Å²) in [6, 6.07) is 0. The minimum Gasteiger partial charge on any atom is -0.459 e. The quantitative estimate of drug-likeness (QED) is 0.385. The van der Waals surface area contributed by atoms with Crippen LogP contribution in [0.2, 0.25) is 18.1 Å². The van der Waals surface area contributed by atoms with Gasteiger partial charge in [-0.2, -0.15) is 0 Å². The molecular formula is C24H42O6Si. The normalized spacial score (nSPS) is 41.7. The smallest absolute Gasteiger partial charge is 0.303 e. The summed E-state index contributed by atoms with van der Waals surface area (Å²) >= 11 is 0. The summed E-state index contributed by atoms with van der Waals surface area (Å²) in [5, 5.41) is 11.4. The van der Waals surface area contributed by atoms with E-state index in [4.69, 9.17) is 18.6 Å². The third-order valence-electron chi connectivity index (χ3n) is 8.36. The van der Waals surface area contributed by atoms with E-state index in [-0.39, 0.29) is 28.3 Å². The van der Waals surface area contributed by atoms with Gasteiger partial charge in [-0.1, -0.05) is 46.3 Å². The minimum atomic E-state index is -2.19. The van der Waals surface area contributed by atoms with E-state index in [0.717, 1.165) is 12.0 Å². The first-order chi connectivity index (χ1) is 14.1. The Balaban J connectivity index is 2.12. The highest BCUT2D eigenvalue weighted by Crippen LogP contribution is 2.68. The lowest BCUT2D eigenvalue weighted by atomic mass is 9.47. The highest BCUT2D eigenvalue weighted by molar-refractivity contribution is 6.74. The van der Waals surface area contributed by atoms with Crippen molar-refractivity contribution in [3.8, 4) is 0 Å². The zero-order chi connectivity index (χ0) is 23.6. The molecule has 3 aliphatic rings. The van der Waals surface area contributed by atoms with E-state index in [1.165, 1.54) is 6.92 Å². The molecular weight excluding hydrogens is 412 g/mol. The average Bonchev–Trinajstić information content (AvgIpc) is 2.88. The topological polar surface area (TPSA) is 74.2 Å². The van der Waals surface area contributed by atoms with Crippen LogP contribution in [0.3, 0.4) is 0 Å². The van der Waals surface area contributed by atoms with Crippen LogP contribution in [0.1, 0.15) is 61.3 Å². The van der Waals surface area contributed by atoms with E-state index >= 15 is 0 Å². The number of carbonyl (C=O) groups is 1. The van der Waals surface area contributed by atoms with E-state index in [1.807, 2.05) is 13.0 Å². The Hall–Kier alpha value is -0.733. The number of hydrogen-bond acceptors (Lipinski definition) is 6. The molecule has 1 saturated heterocycles. The second-order valence-electron chi connectivity index (χ2n) is 11.9. The van der Waals surface area contributed by atoms with Crippen molar-refractivity contribution in [3.05, 3.63) is 11.6 Å². The van der Waals surface area contributed by atoms with Crippen molar-refractivity contribution in [2.45, 2.75) is 110 Å². The summed E-state index contributed by atoms with van der Waals surface area (Å²) in [6.07, 6.45) is 1.11. The molecule has 0 amide bonds. The minimum absolute atomic E-state index is 0.00217. The molecule has 0 unspecified atom stereocenters. The number of rotatable bonds is 4. The number of aliphatic hydroxyl groups excluding tert-OH is 1. The third-order valence-corrected chi connectivity index (χ3v) is 12.8. The lowest BCUT2D eigenvalue weighted by Crippen LogP contribution is -2.68. The predicted octanol–water partition coefficient (Wildman–Crippen LogP) is 4.42. The molecule has 2 aliphatic carbocycles. The monoisotopic (exact) mass is 454 g/mol. The second kappa shape index (κ2) is 7.94. The number of aliphatic hydroxyl groups is 1. The van der Waals surface area contributed by atoms with Crippen molar-refractivity contribution < 1.29 is 28.5 Å². The molecule has 7 heteroatoms. The van der Waals surface area contributed by atoms with Gasteiger partial charge in [-0.15, -0.1) is 0 Å². The van der Waals surface area contributed by atoms with Crippen LogP contribution in [0.5, 0.6) is 0 Å². The first-order valence-corrected chi connectivity index (χ1v) is 14.4. The molecule has 2 fully saturated rings. The summed E-state index contributed by atoms with van der Waals surface area (Å²) < 4.78 is 25.3. The van der Waals surface area contributed by atoms with Crippen LogP contribution in [-0.2, 0) is 23.4 Å². The molecule has 178 valence electrons. The van der Waals surface area contributed by atoms with E-state index in [2.05, 4.69) is 47.7 Å². The van der Waals surface area contributed by atoms with Gasteiger partial charge in [-0.3, -0.25) is 4.79 Å². The molecule has 1 heterocycles. The fourth-order valence-electron chi connectivity index (χ4n) is 5.82.